The van der Waals surface area contributed by atoms with Gasteiger partial charge in [-0.15, -0.1) is 0 Å². The number of hydrogen-bond donors (Lipinski definition) is 4. The van der Waals surface area contributed by atoms with Gasteiger partial charge in [0.15, 0.2) is 0 Å². The lowest BCUT2D eigenvalue weighted by Crippen LogP contribution is -2.33. The maximum Gasteiger partial charge on any atom is 0.287 e. The van der Waals surface area contributed by atoms with Crippen LogP contribution in [0.4, 0.5) is 5.82 Å². The largest absolute Gasteiger partial charge is 0.491 e. The lowest BCUT2D eigenvalue weighted by atomic mass is 9.98. The molecule has 1 aromatic carbocycles. The predicted octanol–water partition coefficient (Wildman–Crippen LogP) is 4.76. The maximum absolute atomic E-state index is 12.3. The number of aryl methyl sites for hydroxylation is 3. The highest BCUT2D eigenvalue weighted by atomic mass is 16.6. The van der Waals surface area contributed by atoms with Crippen molar-refractivity contribution in [2.24, 2.45) is 7.05 Å². The van der Waals surface area contributed by atoms with Gasteiger partial charge in [-0.1, -0.05) is 5.16 Å². The van der Waals surface area contributed by atoms with Crippen LogP contribution >= 0.6 is 0 Å². The first kappa shape index (κ1) is 63.4. The first-order chi connectivity index (χ1) is 39.0. The van der Waals surface area contributed by atoms with E-state index in [2.05, 4.69) is 59.9 Å². The molecule has 1 saturated heterocycles. The molecule has 6 rings (SSSR count). The second kappa shape index (κ2) is 35.1. The summed E-state index contributed by atoms with van der Waals surface area (Å²) in [6.07, 6.45) is 8.35. The van der Waals surface area contributed by atoms with Crippen molar-refractivity contribution in [3.05, 3.63) is 47.6 Å². The molecule has 0 bridgehead atoms. The predicted molar refractivity (Wildman–Crippen MR) is 301 cm³/mol. The van der Waals surface area contributed by atoms with Gasteiger partial charge in [-0.05, 0) is 85.1 Å². The van der Waals surface area contributed by atoms with Crippen LogP contribution in [0.3, 0.4) is 0 Å². The molecule has 24 nitrogen and oxygen atoms in total. The summed E-state index contributed by atoms with van der Waals surface area (Å²) in [7, 11) is 7.22. The van der Waals surface area contributed by atoms with Gasteiger partial charge in [0, 0.05) is 103 Å². The molecule has 0 spiro atoms. The van der Waals surface area contributed by atoms with Crippen LogP contribution in [-0.2, 0) is 54.5 Å². The molecule has 1 atom stereocenters. The lowest BCUT2D eigenvalue weighted by molar-refractivity contribution is -0.122. The maximum atomic E-state index is 12.3. The zero-order valence-electron chi connectivity index (χ0n) is 48.2. The first-order valence-corrected chi connectivity index (χ1v) is 28.1. The average molecular weight is 1120 g/mol. The molecular formula is C56H87N11O13. The molecule has 0 unspecified atom stereocenters. The minimum absolute atomic E-state index is 0.0550. The molecule has 1 aliphatic rings. The van der Waals surface area contributed by atoms with Crippen LogP contribution < -0.4 is 26.0 Å². The van der Waals surface area contributed by atoms with Gasteiger partial charge in [-0.2, -0.15) is 0 Å². The van der Waals surface area contributed by atoms with Crippen LogP contribution in [0, 0.1) is 13.8 Å². The van der Waals surface area contributed by atoms with Crippen molar-refractivity contribution in [3.63, 3.8) is 0 Å². The van der Waals surface area contributed by atoms with E-state index in [1.165, 1.54) is 0 Å². The van der Waals surface area contributed by atoms with Crippen LogP contribution in [0.15, 0.2) is 29.0 Å². The number of pyridine rings is 1. The summed E-state index contributed by atoms with van der Waals surface area (Å²) in [6, 6.07) is 4.29. The number of anilines is 1. The fourth-order valence-electron chi connectivity index (χ4n) is 9.30. The van der Waals surface area contributed by atoms with Gasteiger partial charge in [-0.3, -0.25) is 19.4 Å². The van der Waals surface area contributed by atoms with Crippen molar-refractivity contribution in [3.8, 4) is 16.9 Å². The van der Waals surface area contributed by atoms with Crippen LogP contribution in [0.25, 0.3) is 33.1 Å². The summed E-state index contributed by atoms with van der Waals surface area (Å²) in [6.45, 7) is 16.4. The van der Waals surface area contributed by atoms with Gasteiger partial charge < -0.3 is 82.5 Å². The minimum Gasteiger partial charge on any atom is -0.491 e. The number of fused-ring (bicyclic) bond motifs is 3. The summed E-state index contributed by atoms with van der Waals surface area (Å²) < 4.78 is 61.3. The first-order valence-electron chi connectivity index (χ1n) is 28.1. The highest BCUT2D eigenvalue weighted by molar-refractivity contribution is 6.05. The highest BCUT2D eigenvalue weighted by Crippen LogP contribution is 2.41. The zero-order valence-corrected chi connectivity index (χ0v) is 48.2. The van der Waals surface area contributed by atoms with E-state index in [1.807, 2.05) is 27.1 Å². The van der Waals surface area contributed by atoms with Crippen molar-refractivity contribution >= 4 is 45.5 Å². The normalized spacial score (nSPS) is 13.4. The second-order valence-electron chi connectivity index (χ2n) is 19.7. The van der Waals surface area contributed by atoms with Gasteiger partial charge in [-0.25, -0.2) is 9.97 Å². The SMILES string of the molecule is CNc1cn(C)c(C(=O)NCCC(=O)NCCCN(C)CCCNC(=O)CCOCCOCCOCCOCCOCCOCCOc2cc3c(cc2-c2c(C)noc2C)ncc2nc(C4CCOCC4)n([C@H](C)CCOC)c23)n1. The van der Waals surface area contributed by atoms with Gasteiger partial charge in [0.25, 0.3) is 5.91 Å². The lowest BCUT2D eigenvalue weighted by Gasteiger charge is -2.25. The van der Waals surface area contributed by atoms with Crippen molar-refractivity contribution in [2.75, 3.05) is 165 Å². The van der Waals surface area contributed by atoms with E-state index in [-0.39, 0.29) is 49.0 Å². The topological polar surface area (TPSA) is 260 Å². The van der Waals surface area contributed by atoms with Crippen molar-refractivity contribution in [1.29, 1.82) is 0 Å². The number of nitrogens with zero attached hydrogens (tertiary/aromatic N) is 7. The Morgan fingerprint density at radius 3 is 1.94 bits per heavy atom. The molecule has 3 amide bonds. The van der Waals surface area contributed by atoms with Crippen LogP contribution in [0.1, 0.15) is 91.7 Å². The third-order valence-electron chi connectivity index (χ3n) is 13.6. The van der Waals surface area contributed by atoms with Crippen LogP contribution in [-0.4, -0.2) is 212 Å². The Bertz CT molecular complexity index is 2620. The second-order valence-corrected chi connectivity index (χ2v) is 19.7. The number of ether oxygens (including phenoxy) is 9. The standard InChI is InChI=1S/C56H87N11O13/c1-40(11-20-71-7)67-53-44-37-48(45(52-41(2)64-80-42(52)3)36-46(44)61-38-47(53)62-54(67)43-12-21-72-22-13-43)79-35-34-78-33-32-77-31-30-76-29-28-75-27-26-74-25-24-73-23-14-51(69)59-16-9-19-65(5)18-8-15-58-50(68)10-17-60-56(70)55-63-49(57-4)39-66(55)6/h36-40,43,57H,8-35H2,1-7H3,(H,58,68)(H,59,69)(H,60,70)/t40-/m1/s1. The summed E-state index contributed by atoms with van der Waals surface area (Å²) in [5.74, 6) is 3.12. The molecule has 444 valence electrons. The molecule has 24 heteroatoms. The number of benzene rings is 1. The average Bonchev–Trinajstić information content (AvgIpc) is 4.24. The van der Waals surface area contributed by atoms with E-state index < -0.39 is 0 Å². The Labute approximate surface area is 469 Å². The third-order valence-corrected chi connectivity index (χ3v) is 13.6. The highest BCUT2D eigenvalue weighted by Gasteiger charge is 2.28. The number of carbonyl (C=O) groups excluding carboxylic acids is 3. The molecule has 5 heterocycles. The molecule has 4 aromatic heterocycles. The number of amides is 3. The van der Waals surface area contributed by atoms with Gasteiger partial charge >= 0.3 is 0 Å². The monoisotopic (exact) mass is 1120 g/mol. The van der Waals surface area contributed by atoms with E-state index in [1.54, 1.807) is 32.0 Å². The summed E-state index contributed by atoms with van der Waals surface area (Å²) >= 11 is 0. The number of nitrogens with one attached hydrogen (secondary N) is 4. The molecule has 1 fully saturated rings. The van der Waals surface area contributed by atoms with Gasteiger partial charge in [0.05, 0.1) is 108 Å². The Balaban J connectivity index is 0.735. The van der Waals surface area contributed by atoms with E-state index in [0.29, 0.717) is 129 Å². The third kappa shape index (κ3) is 20.3. The van der Waals surface area contributed by atoms with Crippen LogP contribution in [0.2, 0.25) is 0 Å². The minimum atomic E-state index is -0.329. The molecule has 5 aromatic rings. The Morgan fingerprint density at radius 2 is 1.36 bits per heavy atom. The summed E-state index contributed by atoms with van der Waals surface area (Å²) in [4.78, 5) is 53.2. The van der Waals surface area contributed by atoms with Crippen molar-refractivity contribution in [1.82, 2.24) is 50.1 Å². The molecule has 1 aliphatic heterocycles. The number of carbonyl (C=O) groups is 3. The molecule has 0 aliphatic carbocycles. The molecule has 0 radical (unpaired) electrons. The van der Waals surface area contributed by atoms with E-state index >= 15 is 0 Å². The number of methoxy groups -OCH3 is 1. The molecule has 4 N–H and O–H groups in total. The van der Waals surface area contributed by atoms with E-state index in [9.17, 15) is 14.4 Å². The zero-order chi connectivity index (χ0) is 56.9. The smallest absolute Gasteiger partial charge is 0.287 e. The molecular weight excluding hydrogens is 1030 g/mol. The Morgan fingerprint density at radius 1 is 0.762 bits per heavy atom. The summed E-state index contributed by atoms with van der Waals surface area (Å²) in [5, 5.41) is 16.6. The fraction of sp³-hybridized carbons (Fsp3) is 0.661. The molecule has 0 saturated carbocycles. The number of aromatic nitrogens is 6. The quantitative estimate of drug-likeness (QED) is 0.0385. The van der Waals surface area contributed by atoms with E-state index in [4.69, 9.17) is 57.1 Å². The van der Waals surface area contributed by atoms with Gasteiger partial charge in [0.1, 0.15) is 35.3 Å². The Kier molecular flexibility index (Phi) is 27.8. The number of imidazole rings is 2. The fourth-order valence-corrected chi connectivity index (χ4v) is 9.30. The summed E-state index contributed by atoms with van der Waals surface area (Å²) in [5.41, 5.74) is 5.24. The Hall–Kier alpha value is -5.83. The number of rotatable bonds is 41. The van der Waals surface area contributed by atoms with E-state index in [0.717, 1.165) is 103 Å². The molecule has 80 heavy (non-hydrogen) atoms. The number of hydrogen-bond acceptors (Lipinski definition) is 19. The van der Waals surface area contributed by atoms with Gasteiger partial charge in [0.2, 0.25) is 17.6 Å². The van der Waals surface area contributed by atoms with Crippen molar-refractivity contribution < 1.29 is 61.5 Å². The van der Waals surface area contributed by atoms with Crippen LogP contribution in [0.5, 0.6) is 5.75 Å². The van der Waals surface area contributed by atoms with Crippen molar-refractivity contribution in [2.45, 2.75) is 77.7 Å².